The highest BCUT2D eigenvalue weighted by atomic mass is 19.1. The number of methoxy groups -OCH3 is 1. The van der Waals surface area contributed by atoms with Crippen molar-refractivity contribution in [3.05, 3.63) is 0 Å². The molecule has 1 N–H and O–H groups in total. The van der Waals surface area contributed by atoms with Crippen molar-refractivity contribution in [2.45, 2.75) is 180 Å². The number of aliphatic hydroxyl groups excluding tert-OH is 1. The van der Waals surface area contributed by atoms with Gasteiger partial charge in [0.1, 0.15) is 18.9 Å². The Morgan fingerprint density at radius 1 is 0.939 bits per heavy atom. The van der Waals surface area contributed by atoms with E-state index in [1.165, 1.54) is 0 Å². The molecule has 10 nitrogen and oxygen atoms in total. The molecule has 0 saturated carbocycles. The molecule has 4 rings (SSSR count). The number of carbonyl (C=O) groups is 1. The Bertz CT molecular complexity index is 1070. The second-order valence-corrected chi connectivity index (χ2v) is 16.7. The predicted molar refractivity (Wildman–Crippen MR) is 185 cm³/mol. The Labute approximate surface area is 295 Å². The molecular formula is C38H68FNO9. The fourth-order valence-electron chi connectivity index (χ4n) is 9.49. The molecule has 0 amide bonds. The van der Waals surface area contributed by atoms with Crippen LogP contribution in [0.1, 0.15) is 108 Å². The van der Waals surface area contributed by atoms with Gasteiger partial charge in [0, 0.05) is 38.5 Å². The third kappa shape index (κ3) is 9.36. The maximum atomic E-state index is 14.1. The first-order valence-corrected chi connectivity index (χ1v) is 18.9. The highest BCUT2D eigenvalue weighted by Gasteiger charge is 2.55. The average molecular weight is 702 g/mol. The molecule has 4 saturated heterocycles. The van der Waals surface area contributed by atoms with E-state index in [0.29, 0.717) is 19.3 Å². The van der Waals surface area contributed by atoms with Gasteiger partial charge in [-0.1, -0.05) is 34.6 Å². The summed E-state index contributed by atoms with van der Waals surface area (Å²) >= 11 is 0. The van der Waals surface area contributed by atoms with Gasteiger partial charge in [-0.2, -0.15) is 0 Å². The molecule has 286 valence electrons. The summed E-state index contributed by atoms with van der Waals surface area (Å²) in [4.78, 5) is 15.9. The van der Waals surface area contributed by atoms with E-state index in [0.717, 1.165) is 19.3 Å². The van der Waals surface area contributed by atoms with Gasteiger partial charge >= 0.3 is 5.97 Å². The summed E-state index contributed by atoms with van der Waals surface area (Å²) < 4.78 is 59.2. The Morgan fingerprint density at radius 2 is 1.63 bits per heavy atom. The summed E-state index contributed by atoms with van der Waals surface area (Å²) in [5, 5.41) is 11.7. The first kappa shape index (κ1) is 40.8. The molecule has 4 aliphatic rings. The van der Waals surface area contributed by atoms with Crippen LogP contribution < -0.4 is 0 Å². The molecule has 4 heterocycles. The lowest BCUT2D eigenvalue weighted by Crippen LogP contribution is -2.60. The van der Waals surface area contributed by atoms with Crippen molar-refractivity contribution in [1.82, 2.24) is 4.90 Å². The average Bonchev–Trinajstić information content (AvgIpc) is 3.35. The van der Waals surface area contributed by atoms with E-state index in [-0.39, 0.29) is 60.7 Å². The predicted octanol–water partition coefficient (Wildman–Crippen LogP) is 5.91. The number of hydrogen-bond acceptors (Lipinski definition) is 10. The smallest absolute Gasteiger partial charge is 0.311 e. The van der Waals surface area contributed by atoms with Crippen LogP contribution in [-0.4, -0.2) is 116 Å². The molecule has 0 aliphatic carbocycles. The summed E-state index contributed by atoms with van der Waals surface area (Å²) in [6, 6.07) is -0.351. The van der Waals surface area contributed by atoms with Gasteiger partial charge in [-0.15, -0.1) is 0 Å². The van der Waals surface area contributed by atoms with E-state index in [4.69, 9.17) is 33.2 Å². The maximum absolute atomic E-state index is 14.1. The fourth-order valence-corrected chi connectivity index (χ4v) is 9.49. The molecule has 49 heavy (non-hydrogen) atoms. The van der Waals surface area contributed by atoms with E-state index in [2.05, 4.69) is 41.5 Å². The number of aliphatic hydroxyl groups is 1. The van der Waals surface area contributed by atoms with E-state index < -0.39 is 60.6 Å². The second kappa shape index (κ2) is 16.8. The first-order chi connectivity index (χ1) is 22.9. The molecule has 0 aromatic heterocycles. The Morgan fingerprint density at radius 3 is 2.27 bits per heavy atom. The lowest BCUT2D eigenvalue weighted by molar-refractivity contribution is -0.311. The zero-order valence-electron chi connectivity index (χ0n) is 32.4. The number of likely N-dealkylation sites (N-methyl/N-ethyl adjacent to an activating group) is 1. The molecule has 1 unspecified atom stereocenters. The van der Waals surface area contributed by atoms with Crippen molar-refractivity contribution in [3.8, 4) is 0 Å². The van der Waals surface area contributed by atoms with Crippen LogP contribution in [0.2, 0.25) is 0 Å². The van der Waals surface area contributed by atoms with Crippen molar-refractivity contribution < 1.29 is 47.4 Å². The number of cyclic esters (lactones) is 1. The summed E-state index contributed by atoms with van der Waals surface area (Å²) in [7, 11) is 3.53. The molecule has 0 spiro atoms. The number of halogens is 1. The summed E-state index contributed by atoms with van der Waals surface area (Å²) in [6.07, 6.45) is -0.595. The second-order valence-electron chi connectivity index (χ2n) is 16.7. The van der Waals surface area contributed by atoms with E-state index in [1.54, 1.807) is 7.11 Å². The molecule has 4 fully saturated rings. The van der Waals surface area contributed by atoms with Gasteiger partial charge in [0.05, 0.1) is 47.6 Å². The number of hydrogen-bond donors (Lipinski definition) is 1. The van der Waals surface area contributed by atoms with Crippen molar-refractivity contribution in [1.29, 1.82) is 0 Å². The third-order valence-corrected chi connectivity index (χ3v) is 12.2. The highest BCUT2D eigenvalue weighted by Crippen LogP contribution is 2.47. The number of carbonyl (C=O) groups excluding carboxylic acids is 1. The van der Waals surface area contributed by atoms with Gasteiger partial charge in [0.2, 0.25) is 0 Å². The SMILES string of the molecule is CC[C@@H]1OC(=O)[C@H](C)[C@@H](OC2C[C@@](C)(OC)C[C@H](C)O2)[C@H](C)[C@@H](O[C@@H]2O[C@H](C)C[C@H](N(C)CCF)[C@H]2O)[C@@]2(C)C[C@@H](C)[C@H](O2)[C@@H](C)C[C@H]1C. The summed E-state index contributed by atoms with van der Waals surface area (Å²) in [5.41, 5.74) is -1.25. The number of nitrogens with zero attached hydrogens (tertiary/aromatic N) is 1. The van der Waals surface area contributed by atoms with Gasteiger partial charge in [-0.3, -0.25) is 9.69 Å². The molecule has 17 atom stereocenters. The number of ether oxygens (including phenoxy) is 7. The van der Waals surface area contributed by atoms with Gasteiger partial charge in [0.25, 0.3) is 0 Å². The normalized spacial score (nSPS) is 48.8. The Kier molecular flexibility index (Phi) is 14.0. The van der Waals surface area contributed by atoms with Crippen LogP contribution in [0.15, 0.2) is 0 Å². The molecule has 4 aliphatic heterocycles. The molecule has 0 aromatic carbocycles. The summed E-state index contributed by atoms with van der Waals surface area (Å²) in [5.74, 6) is -0.847. The lowest BCUT2D eigenvalue weighted by Gasteiger charge is -2.48. The fraction of sp³-hybridized carbons (Fsp3) is 0.974. The number of rotatable bonds is 9. The standard InChI is InChI=1S/C38H68FNO9/c1-13-29-21(2)16-22(3)32-23(4)18-38(10,49-32)34(48-36-31(41)28(17-24(5)45-36)40(11)15-14-39)26(7)33(27(8)35(42)46-29)47-30-20-37(9,43-12)19-25(6)44-30/h21-34,36,41H,13-20H2,1-12H3/t21-,22+,23-,24-,25+,26+,27-,28+,29+,30?,31-,32-,33+,34-,36+,37+,38-/m1/s1. The van der Waals surface area contributed by atoms with Crippen LogP contribution in [-0.2, 0) is 38.0 Å². The minimum absolute atomic E-state index is 0.0407. The Hall–Kier alpha value is -0.920. The van der Waals surface area contributed by atoms with E-state index in [9.17, 15) is 14.3 Å². The maximum Gasteiger partial charge on any atom is 0.311 e. The van der Waals surface area contributed by atoms with Gasteiger partial charge < -0.3 is 38.3 Å². The first-order valence-electron chi connectivity index (χ1n) is 18.9. The quantitative estimate of drug-likeness (QED) is 0.292. The van der Waals surface area contributed by atoms with Crippen LogP contribution in [0.25, 0.3) is 0 Å². The van der Waals surface area contributed by atoms with Crippen LogP contribution in [0.3, 0.4) is 0 Å². The lowest BCUT2D eigenvalue weighted by atomic mass is 9.77. The zero-order chi connectivity index (χ0) is 36.4. The van der Waals surface area contributed by atoms with Crippen LogP contribution >= 0.6 is 0 Å². The minimum Gasteiger partial charge on any atom is -0.462 e. The third-order valence-electron chi connectivity index (χ3n) is 12.2. The van der Waals surface area contributed by atoms with E-state index >= 15 is 0 Å². The number of fused-ring (bicyclic) bond motifs is 2. The summed E-state index contributed by atoms with van der Waals surface area (Å²) in [6.45, 7) is 20.4. The van der Waals surface area contributed by atoms with Crippen LogP contribution in [0, 0.1) is 29.6 Å². The number of esters is 1. The van der Waals surface area contributed by atoms with Crippen molar-refractivity contribution in [3.63, 3.8) is 0 Å². The van der Waals surface area contributed by atoms with Gasteiger partial charge in [0.15, 0.2) is 12.6 Å². The number of alkyl halides is 1. The van der Waals surface area contributed by atoms with Gasteiger partial charge in [-0.05, 0) is 85.1 Å². The monoisotopic (exact) mass is 701 g/mol. The Balaban J connectivity index is 1.78. The molecule has 0 aromatic rings. The van der Waals surface area contributed by atoms with Crippen LogP contribution in [0.5, 0.6) is 0 Å². The molecule has 11 heteroatoms. The van der Waals surface area contributed by atoms with Crippen molar-refractivity contribution >= 4 is 5.97 Å². The molecule has 2 bridgehead atoms. The largest absolute Gasteiger partial charge is 0.462 e. The van der Waals surface area contributed by atoms with Crippen molar-refractivity contribution in [2.24, 2.45) is 29.6 Å². The minimum atomic E-state index is -1.03. The van der Waals surface area contributed by atoms with Crippen LogP contribution in [0.4, 0.5) is 4.39 Å². The topological polar surface area (TPSA) is 105 Å². The highest BCUT2D eigenvalue weighted by molar-refractivity contribution is 5.73. The molecular weight excluding hydrogens is 633 g/mol. The van der Waals surface area contributed by atoms with E-state index in [1.807, 2.05) is 39.6 Å². The molecule has 0 radical (unpaired) electrons. The van der Waals surface area contributed by atoms with Crippen molar-refractivity contribution in [2.75, 3.05) is 27.4 Å². The van der Waals surface area contributed by atoms with Gasteiger partial charge in [-0.25, -0.2) is 4.39 Å². The zero-order valence-corrected chi connectivity index (χ0v) is 32.4.